The summed E-state index contributed by atoms with van der Waals surface area (Å²) in [4.78, 5) is 12.0. The summed E-state index contributed by atoms with van der Waals surface area (Å²) in [6.45, 7) is 1.69. The monoisotopic (exact) mass is 306 g/mol. The molecular formula is C14H14N2O4S. The van der Waals surface area contributed by atoms with Gasteiger partial charge in [-0.05, 0) is 42.8 Å². The first-order chi connectivity index (χ1) is 9.79. The number of hydrogen-bond acceptors (Lipinski definition) is 4. The number of hydrogen-bond donors (Lipinski definition) is 3. The number of carbonyl (C=O) groups is 1. The zero-order valence-electron chi connectivity index (χ0n) is 11.2. The molecule has 110 valence electrons. The number of nitrogens with two attached hydrogens (primary N) is 1. The van der Waals surface area contributed by atoms with E-state index in [0.29, 0.717) is 11.3 Å². The summed E-state index contributed by atoms with van der Waals surface area (Å²) in [5, 5.41) is 17.4. The number of aromatic hydroxyl groups is 1. The normalized spacial score (nSPS) is 11.1. The van der Waals surface area contributed by atoms with E-state index in [0.717, 1.165) is 0 Å². The van der Waals surface area contributed by atoms with E-state index in [1.165, 1.54) is 30.3 Å². The third-order valence-corrected chi connectivity index (χ3v) is 3.85. The number of aryl methyl sites for hydroxylation is 1. The van der Waals surface area contributed by atoms with Crippen LogP contribution in [-0.2, 0) is 10.0 Å². The number of rotatable bonds is 3. The number of anilines is 1. The SMILES string of the molecule is Cc1cccc(C(=O)Nc2ccc(S(N)(=O)=O)cc2)c1O. The van der Waals surface area contributed by atoms with Gasteiger partial charge in [0.05, 0.1) is 10.5 Å². The van der Waals surface area contributed by atoms with Gasteiger partial charge in [-0.1, -0.05) is 12.1 Å². The highest BCUT2D eigenvalue weighted by molar-refractivity contribution is 7.89. The number of primary sulfonamides is 1. The minimum atomic E-state index is -3.77. The number of phenolic OH excluding ortho intramolecular Hbond substituents is 1. The zero-order valence-corrected chi connectivity index (χ0v) is 12.0. The van der Waals surface area contributed by atoms with Gasteiger partial charge in [-0.2, -0.15) is 0 Å². The molecule has 2 aromatic carbocycles. The molecule has 0 heterocycles. The van der Waals surface area contributed by atoms with Gasteiger partial charge in [-0.15, -0.1) is 0 Å². The van der Waals surface area contributed by atoms with Gasteiger partial charge >= 0.3 is 0 Å². The van der Waals surface area contributed by atoms with Crippen LogP contribution >= 0.6 is 0 Å². The predicted molar refractivity (Wildman–Crippen MR) is 78.6 cm³/mol. The van der Waals surface area contributed by atoms with E-state index >= 15 is 0 Å². The molecule has 0 aliphatic rings. The Morgan fingerprint density at radius 1 is 1.14 bits per heavy atom. The molecule has 0 unspecified atom stereocenters. The third-order valence-electron chi connectivity index (χ3n) is 2.92. The minimum Gasteiger partial charge on any atom is -0.507 e. The average Bonchev–Trinajstić information content (AvgIpc) is 2.41. The number of nitrogens with one attached hydrogen (secondary N) is 1. The molecule has 0 aromatic heterocycles. The molecule has 0 saturated carbocycles. The first-order valence-corrected chi connectivity index (χ1v) is 7.56. The number of para-hydroxylation sites is 1. The lowest BCUT2D eigenvalue weighted by Gasteiger charge is -2.08. The Hall–Kier alpha value is -2.38. The smallest absolute Gasteiger partial charge is 0.259 e. The van der Waals surface area contributed by atoms with Crippen molar-refractivity contribution in [3.05, 3.63) is 53.6 Å². The average molecular weight is 306 g/mol. The van der Waals surface area contributed by atoms with Crippen molar-refractivity contribution < 1.29 is 18.3 Å². The van der Waals surface area contributed by atoms with Crippen LogP contribution in [0.25, 0.3) is 0 Å². The van der Waals surface area contributed by atoms with Crippen LogP contribution in [0.15, 0.2) is 47.4 Å². The molecule has 2 rings (SSSR count). The number of carbonyl (C=O) groups excluding carboxylic acids is 1. The van der Waals surface area contributed by atoms with Crippen molar-refractivity contribution >= 4 is 21.6 Å². The van der Waals surface area contributed by atoms with Crippen LogP contribution in [0.5, 0.6) is 5.75 Å². The first kappa shape index (κ1) is 15.0. The quantitative estimate of drug-likeness (QED) is 0.800. The Morgan fingerprint density at radius 3 is 2.33 bits per heavy atom. The Morgan fingerprint density at radius 2 is 1.76 bits per heavy atom. The lowest BCUT2D eigenvalue weighted by Crippen LogP contribution is -2.14. The third kappa shape index (κ3) is 3.39. The summed E-state index contributed by atoms with van der Waals surface area (Å²) in [5.74, 6) is -0.573. The van der Waals surface area contributed by atoms with E-state index in [9.17, 15) is 18.3 Å². The lowest BCUT2D eigenvalue weighted by atomic mass is 10.1. The molecule has 0 bridgehead atoms. The van der Waals surface area contributed by atoms with Gasteiger partial charge in [-0.3, -0.25) is 4.79 Å². The molecule has 0 aliphatic heterocycles. The molecule has 2 aromatic rings. The molecule has 0 radical (unpaired) electrons. The van der Waals surface area contributed by atoms with Crippen LogP contribution < -0.4 is 10.5 Å². The van der Waals surface area contributed by atoms with Crippen molar-refractivity contribution in [2.45, 2.75) is 11.8 Å². The molecule has 1 amide bonds. The summed E-state index contributed by atoms with van der Waals surface area (Å²) in [7, 11) is -3.77. The van der Waals surface area contributed by atoms with E-state index in [4.69, 9.17) is 5.14 Å². The summed E-state index contributed by atoms with van der Waals surface area (Å²) in [5.41, 5.74) is 1.13. The second-order valence-electron chi connectivity index (χ2n) is 4.49. The van der Waals surface area contributed by atoms with Crippen molar-refractivity contribution in [3.63, 3.8) is 0 Å². The van der Waals surface area contributed by atoms with Crippen LogP contribution in [0.3, 0.4) is 0 Å². The fraction of sp³-hybridized carbons (Fsp3) is 0.0714. The van der Waals surface area contributed by atoms with Gasteiger partial charge < -0.3 is 10.4 Å². The van der Waals surface area contributed by atoms with Crippen LogP contribution in [0, 0.1) is 6.92 Å². The number of benzene rings is 2. The Labute approximate surface area is 122 Å². The van der Waals surface area contributed by atoms with Crippen molar-refractivity contribution in [2.24, 2.45) is 5.14 Å². The number of sulfonamides is 1. The molecular weight excluding hydrogens is 292 g/mol. The number of amides is 1. The van der Waals surface area contributed by atoms with Crippen LogP contribution in [-0.4, -0.2) is 19.4 Å². The van der Waals surface area contributed by atoms with Crippen molar-refractivity contribution in [3.8, 4) is 5.75 Å². The highest BCUT2D eigenvalue weighted by atomic mass is 32.2. The van der Waals surface area contributed by atoms with Gasteiger partial charge in [-0.25, -0.2) is 13.6 Å². The summed E-state index contributed by atoms with van der Waals surface area (Å²) >= 11 is 0. The fourth-order valence-corrected chi connectivity index (χ4v) is 2.28. The van der Waals surface area contributed by atoms with Crippen molar-refractivity contribution in [1.82, 2.24) is 0 Å². The van der Waals surface area contributed by atoms with Crippen LogP contribution in [0.2, 0.25) is 0 Å². The Balaban J connectivity index is 2.22. The molecule has 4 N–H and O–H groups in total. The topological polar surface area (TPSA) is 109 Å². The van der Waals surface area contributed by atoms with Crippen LogP contribution in [0.1, 0.15) is 15.9 Å². The molecule has 7 heteroatoms. The predicted octanol–water partition coefficient (Wildman–Crippen LogP) is 1.60. The maximum Gasteiger partial charge on any atom is 0.259 e. The molecule has 0 spiro atoms. The van der Waals surface area contributed by atoms with E-state index in [1.54, 1.807) is 19.1 Å². The molecule has 0 saturated heterocycles. The van der Waals surface area contributed by atoms with Gasteiger partial charge in [0.15, 0.2) is 0 Å². The maximum absolute atomic E-state index is 12.1. The highest BCUT2D eigenvalue weighted by Crippen LogP contribution is 2.22. The summed E-state index contributed by atoms with van der Waals surface area (Å²) < 4.78 is 22.3. The molecule has 0 aliphatic carbocycles. The maximum atomic E-state index is 12.1. The Kier molecular flexibility index (Phi) is 3.97. The second-order valence-corrected chi connectivity index (χ2v) is 6.06. The molecule has 0 fully saturated rings. The molecule has 6 nitrogen and oxygen atoms in total. The lowest BCUT2D eigenvalue weighted by molar-refractivity contribution is 0.102. The molecule has 21 heavy (non-hydrogen) atoms. The number of phenols is 1. The molecule has 0 atom stereocenters. The van der Waals surface area contributed by atoms with Crippen LogP contribution in [0.4, 0.5) is 5.69 Å². The van der Waals surface area contributed by atoms with E-state index in [1.807, 2.05) is 0 Å². The fourth-order valence-electron chi connectivity index (χ4n) is 1.77. The van der Waals surface area contributed by atoms with Gasteiger partial charge in [0.1, 0.15) is 5.75 Å². The van der Waals surface area contributed by atoms with E-state index in [2.05, 4.69) is 5.32 Å². The van der Waals surface area contributed by atoms with Gasteiger partial charge in [0.2, 0.25) is 10.0 Å². The highest BCUT2D eigenvalue weighted by Gasteiger charge is 2.13. The van der Waals surface area contributed by atoms with E-state index < -0.39 is 15.9 Å². The van der Waals surface area contributed by atoms with Gasteiger partial charge in [0, 0.05) is 5.69 Å². The van der Waals surface area contributed by atoms with Crippen molar-refractivity contribution in [2.75, 3.05) is 5.32 Å². The zero-order chi connectivity index (χ0) is 15.6. The standard InChI is InChI=1S/C14H14N2O4S/c1-9-3-2-4-12(13(9)17)14(18)16-10-5-7-11(8-6-10)21(15,19)20/h2-8,17H,1H3,(H,16,18)(H2,15,19,20). The second kappa shape index (κ2) is 5.55. The summed E-state index contributed by atoms with van der Waals surface area (Å²) in [6, 6.07) is 10.3. The van der Waals surface area contributed by atoms with E-state index in [-0.39, 0.29) is 16.2 Å². The van der Waals surface area contributed by atoms with Crippen molar-refractivity contribution in [1.29, 1.82) is 0 Å². The largest absolute Gasteiger partial charge is 0.507 e. The minimum absolute atomic E-state index is 0.0427. The Bertz CT molecular complexity index is 783. The van der Waals surface area contributed by atoms with Gasteiger partial charge in [0.25, 0.3) is 5.91 Å². The first-order valence-electron chi connectivity index (χ1n) is 6.02. The summed E-state index contributed by atoms with van der Waals surface area (Å²) in [6.07, 6.45) is 0.